The van der Waals surface area contributed by atoms with Gasteiger partial charge in [0.25, 0.3) is 0 Å². The van der Waals surface area contributed by atoms with Crippen LogP contribution in [-0.4, -0.2) is 40.4 Å². The summed E-state index contributed by atoms with van der Waals surface area (Å²) >= 11 is 5.82. The van der Waals surface area contributed by atoms with Crippen molar-refractivity contribution < 1.29 is 38.1 Å². The Morgan fingerprint density at radius 1 is 1.18 bits per heavy atom. The average molecular weight is 496 g/mol. The van der Waals surface area contributed by atoms with Crippen LogP contribution >= 0.6 is 11.6 Å². The maximum Gasteiger partial charge on any atom is 0.303 e. The van der Waals surface area contributed by atoms with E-state index in [0.717, 1.165) is 19.1 Å². The number of esters is 1. The van der Waals surface area contributed by atoms with Crippen LogP contribution in [-0.2, 0) is 26.3 Å². The van der Waals surface area contributed by atoms with Crippen LogP contribution in [0.3, 0.4) is 0 Å². The minimum Gasteiger partial charge on any atom is -0.490 e. The van der Waals surface area contributed by atoms with Gasteiger partial charge in [-0.05, 0) is 43.5 Å². The molecule has 4 rings (SSSR count). The second-order valence-electron chi connectivity index (χ2n) is 8.80. The third-order valence-corrected chi connectivity index (χ3v) is 6.63. The first-order valence-corrected chi connectivity index (χ1v) is 11.2. The number of halogens is 3. The molecule has 0 radical (unpaired) electrons. The van der Waals surface area contributed by atoms with Gasteiger partial charge in [-0.1, -0.05) is 17.7 Å². The monoisotopic (exact) mass is 495 g/mol. The fourth-order valence-electron chi connectivity index (χ4n) is 4.57. The molecule has 2 aromatic rings. The van der Waals surface area contributed by atoms with Gasteiger partial charge in [0.2, 0.25) is 5.91 Å². The fourth-order valence-corrected chi connectivity index (χ4v) is 4.73. The van der Waals surface area contributed by atoms with Gasteiger partial charge in [0.15, 0.2) is 0 Å². The van der Waals surface area contributed by atoms with E-state index in [1.807, 2.05) is 0 Å². The van der Waals surface area contributed by atoms with Crippen molar-refractivity contribution in [2.45, 2.75) is 56.3 Å². The Bertz CT molecular complexity index is 1140. The van der Waals surface area contributed by atoms with Gasteiger partial charge in [-0.25, -0.2) is 8.78 Å². The molecule has 34 heavy (non-hydrogen) atoms. The lowest BCUT2D eigenvalue weighted by molar-refractivity contribution is -0.197. The van der Waals surface area contributed by atoms with E-state index < -0.39 is 34.9 Å². The molecular formula is C24H24ClF2NO6. The highest BCUT2D eigenvalue weighted by Gasteiger charge is 2.52. The number of fused-ring (bicyclic) bond motifs is 1. The minimum absolute atomic E-state index is 0.0135. The van der Waals surface area contributed by atoms with Gasteiger partial charge < -0.3 is 25.0 Å². The molecule has 3 N–H and O–H groups in total. The van der Waals surface area contributed by atoms with Crippen molar-refractivity contribution in [3.8, 4) is 5.75 Å². The van der Waals surface area contributed by atoms with Gasteiger partial charge in [-0.3, -0.25) is 9.59 Å². The Balaban J connectivity index is 1.58. The van der Waals surface area contributed by atoms with Gasteiger partial charge in [0.1, 0.15) is 35.7 Å². The van der Waals surface area contributed by atoms with Crippen molar-refractivity contribution in [1.29, 1.82) is 0 Å². The smallest absolute Gasteiger partial charge is 0.303 e. The summed E-state index contributed by atoms with van der Waals surface area (Å²) in [5, 5.41) is 25.2. The molecule has 0 aromatic heterocycles. The summed E-state index contributed by atoms with van der Waals surface area (Å²) in [6.45, 7) is 0.826. The lowest BCUT2D eigenvalue weighted by Gasteiger charge is -2.45. The third kappa shape index (κ3) is 4.73. The second kappa shape index (κ2) is 9.13. The van der Waals surface area contributed by atoms with Gasteiger partial charge in [0.05, 0.1) is 11.3 Å². The summed E-state index contributed by atoms with van der Waals surface area (Å²) in [7, 11) is 0. The van der Waals surface area contributed by atoms with Crippen molar-refractivity contribution in [2.75, 3.05) is 11.9 Å². The number of carbonyl (C=O) groups excluding carboxylic acids is 2. The molecular weight excluding hydrogens is 472 g/mol. The van der Waals surface area contributed by atoms with E-state index in [0.29, 0.717) is 5.56 Å². The van der Waals surface area contributed by atoms with Gasteiger partial charge in [0, 0.05) is 35.9 Å². The molecule has 0 unspecified atom stereocenters. The Morgan fingerprint density at radius 3 is 2.65 bits per heavy atom. The number of amides is 1. The number of benzene rings is 2. The molecule has 2 aromatic carbocycles. The molecule has 10 heteroatoms. The highest BCUT2D eigenvalue weighted by molar-refractivity contribution is 6.30. The molecule has 1 aliphatic carbocycles. The zero-order valence-corrected chi connectivity index (χ0v) is 19.1. The summed E-state index contributed by atoms with van der Waals surface area (Å²) < 4.78 is 39.9. The molecule has 7 nitrogen and oxygen atoms in total. The molecule has 1 aliphatic heterocycles. The quantitative estimate of drug-likeness (QED) is 0.547. The molecule has 2 aliphatic rings. The number of aliphatic hydroxyl groups is 2. The molecule has 1 fully saturated rings. The maximum absolute atomic E-state index is 14.6. The van der Waals surface area contributed by atoms with Crippen LogP contribution in [0.25, 0.3) is 0 Å². The fraction of sp³-hybridized carbons (Fsp3) is 0.417. The molecule has 0 saturated heterocycles. The number of ether oxygens (including phenoxy) is 2. The molecule has 1 saturated carbocycles. The number of anilines is 1. The maximum atomic E-state index is 14.6. The summed E-state index contributed by atoms with van der Waals surface area (Å²) in [5.41, 5.74) is -2.93. The Hall–Kier alpha value is -2.75. The predicted octanol–water partition coefficient (Wildman–Crippen LogP) is 3.62. The van der Waals surface area contributed by atoms with Crippen molar-refractivity contribution in [2.24, 2.45) is 0 Å². The largest absolute Gasteiger partial charge is 0.490 e. The van der Waals surface area contributed by atoms with Crippen LogP contribution in [0.1, 0.15) is 43.7 Å². The van der Waals surface area contributed by atoms with Gasteiger partial charge in [-0.15, -0.1) is 0 Å². The zero-order valence-electron chi connectivity index (χ0n) is 18.4. The predicted molar refractivity (Wildman–Crippen MR) is 119 cm³/mol. The van der Waals surface area contributed by atoms with E-state index in [-0.39, 0.29) is 66.6 Å². The first kappa shape index (κ1) is 24.4. The molecule has 0 spiro atoms. The first-order chi connectivity index (χ1) is 16.0. The normalized spacial score (nSPS) is 26.4. The van der Waals surface area contributed by atoms with Gasteiger partial charge in [-0.2, -0.15) is 0 Å². The highest BCUT2D eigenvalue weighted by atomic mass is 35.5. The summed E-state index contributed by atoms with van der Waals surface area (Å²) in [6.07, 6.45) is -1.19. The topological polar surface area (TPSA) is 105 Å². The number of hydrogen-bond acceptors (Lipinski definition) is 6. The Morgan fingerprint density at radius 2 is 1.94 bits per heavy atom. The van der Waals surface area contributed by atoms with Crippen molar-refractivity contribution in [3.63, 3.8) is 0 Å². The Kier molecular flexibility index (Phi) is 6.54. The van der Waals surface area contributed by atoms with Crippen LogP contribution < -0.4 is 10.1 Å². The lowest BCUT2D eigenvalue weighted by atomic mass is 9.71. The van der Waals surface area contributed by atoms with Crippen LogP contribution in [0.4, 0.5) is 14.5 Å². The Labute approximate surface area is 199 Å². The summed E-state index contributed by atoms with van der Waals surface area (Å²) in [6, 6.07) is 6.44. The number of carbonyl (C=O) groups is 2. The van der Waals surface area contributed by atoms with Crippen LogP contribution in [0.15, 0.2) is 30.3 Å². The van der Waals surface area contributed by atoms with Crippen LogP contribution in [0.5, 0.6) is 5.75 Å². The van der Waals surface area contributed by atoms with E-state index in [9.17, 15) is 28.6 Å². The summed E-state index contributed by atoms with van der Waals surface area (Å²) in [4.78, 5) is 23.4. The average Bonchev–Trinajstić information content (AvgIpc) is 2.76. The molecule has 182 valence electrons. The van der Waals surface area contributed by atoms with Crippen molar-refractivity contribution in [1.82, 2.24) is 0 Å². The van der Waals surface area contributed by atoms with Crippen molar-refractivity contribution >= 4 is 29.2 Å². The van der Waals surface area contributed by atoms with Crippen molar-refractivity contribution in [3.05, 3.63) is 58.1 Å². The number of hydrogen-bond donors (Lipinski definition) is 3. The van der Waals surface area contributed by atoms with E-state index in [4.69, 9.17) is 21.1 Å². The van der Waals surface area contributed by atoms with E-state index >= 15 is 0 Å². The van der Waals surface area contributed by atoms with E-state index in [1.54, 1.807) is 0 Å². The number of rotatable bonds is 5. The molecule has 1 heterocycles. The van der Waals surface area contributed by atoms with Gasteiger partial charge >= 0.3 is 5.97 Å². The highest BCUT2D eigenvalue weighted by Crippen LogP contribution is 2.44. The lowest BCUT2D eigenvalue weighted by Crippen LogP contribution is -2.56. The molecule has 0 bridgehead atoms. The standard InChI is InChI=1S/C24H24ClF2NO6/c1-13(29)34-20-11-23(31,16-4-2-14(25)10-18(16)27)8-9-24(20,32)12-33-19-6-5-17(26)22-15(19)3-7-21(30)28-22/h2,4-6,10,20,31-32H,3,7-9,11-12H2,1H3,(H,28,30)/t20-,23-,24-/m1/s1. The van der Waals surface area contributed by atoms with Crippen LogP contribution in [0.2, 0.25) is 5.02 Å². The SMILES string of the molecule is CC(=O)O[C@@H]1C[C@@](O)(c2ccc(Cl)cc2F)CC[C@@]1(O)COc1ccc(F)c2c1CCC(=O)N2. The van der Waals surface area contributed by atoms with E-state index in [2.05, 4.69) is 5.32 Å². The summed E-state index contributed by atoms with van der Waals surface area (Å²) in [5.74, 6) is -2.03. The van der Waals surface area contributed by atoms with Crippen LogP contribution in [0, 0.1) is 11.6 Å². The van der Waals surface area contributed by atoms with E-state index in [1.165, 1.54) is 18.2 Å². The molecule has 1 amide bonds. The minimum atomic E-state index is -1.71. The zero-order chi connectivity index (χ0) is 24.7. The third-order valence-electron chi connectivity index (χ3n) is 6.40. The first-order valence-electron chi connectivity index (χ1n) is 10.8. The molecule has 3 atom stereocenters. The second-order valence-corrected chi connectivity index (χ2v) is 9.23. The number of nitrogens with one attached hydrogen (secondary N) is 1.